The molecule has 0 fully saturated rings. The SMILES string of the molecule is CCOC(=O)C(C)(OSC)c1ccc(C(F)(F)F)cc1. The highest BCUT2D eigenvalue weighted by atomic mass is 32.2. The molecule has 0 N–H and O–H groups in total. The van der Waals surface area contributed by atoms with E-state index in [9.17, 15) is 18.0 Å². The van der Waals surface area contributed by atoms with Gasteiger partial charge in [-0.25, -0.2) is 4.79 Å². The van der Waals surface area contributed by atoms with Gasteiger partial charge >= 0.3 is 12.1 Å². The monoisotopic (exact) mass is 308 g/mol. The molecule has 0 amide bonds. The molecule has 7 heteroatoms. The maximum Gasteiger partial charge on any atom is 0.416 e. The van der Waals surface area contributed by atoms with Crippen LogP contribution >= 0.6 is 12.0 Å². The van der Waals surface area contributed by atoms with Crippen molar-refractivity contribution >= 4 is 18.0 Å². The van der Waals surface area contributed by atoms with E-state index in [1.54, 1.807) is 13.2 Å². The van der Waals surface area contributed by atoms with Gasteiger partial charge in [0.15, 0.2) is 0 Å². The van der Waals surface area contributed by atoms with Crippen LogP contribution < -0.4 is 0 Å². The molecule has 0 aliphatic rings. The highest BCUT2D eigenvalue weighted by Gasteiger charge is 2.39. The normalized spacial score (nSPS) is 14.7. The average Bonchev–Trinajstić information content (AvgIpc) is 2.38. The van der Waals surface area contributed by atoms with Gasteiger partial charge < -0.3 is 4.74 Å². The molecule has 1 atom stereocenters. The Balaban J connectivity index is 3.13. The van der Waals surface area contributed by atoms with Crippen molar-refractivity contribution in [3.8, 4) is 0 Å². The van der Waals surface area contributed by atoms with Crippen LogP contribution in [0.5, 0.6) is 0 Å². The molecule has 1 aromatic rings. The summed E-state index contributed by atoms with van der Waals surface area (Å²) in [4.78, 5) is 12.0. The second-order valence-electron chi connectivity index (χ2n) is 4.08. The summed E-state index contributed by atoms with van der Waals surface area (Å²) in [6.07, 6.45) is -2.80. The van der Waals surface area contributed by atoms with Crippen LogP contribution in [0.15, 0.2) is 24.3 Å². The van der Waals surface area contributed by atoms with Crippen LogP contribution in [-0.4, -0.2) is 18.8 Å². The van der Waals surface area contributed by atoms with Crippen molar-refractivity contribution in [1.29, 1.82) is 0 Å². The van der Waals surface area contributed by atoms with Crippen molar-refractivity contribution in [3.05, 3.63) is 35.4 Å². The number of hydrogen-bond acceptors (Lipinski definition) is 4. The van der Waals surface area contributed by atoms with E-state index in [-0.39, 0.29) is 6.61 Å². The zero-order valence-corrected chi connectivity index (χ0v) is 12.1. The first-order valence-electron chi connectivity index (χ1n) is 5.82. The number of carbonyl (C=O) groups excluding carboxylic acids is 1. The Kier molecular flexibility index (Phi) is 5.47. The van der Waals surface area contributed by atoms with E-state index in [4.69, 9.17) is 8.92 Å². The lowest BCUT2D eigenvalue weighted by Gasteiger charge is -2.26. The molecule has 0 bridgehead atoms. The van der Waals surface area contributed by atoms with E-state index in [1.807, 2.05) is 0 Å². The predicted octanol–water partition coefficient (Wildman–Crippen LogP) is 3.78. The van der Waals surface area contributed by atoms with Gasteiger partial charge in [-0.2, -0.15) is 13.2 Å². The minimum atomic E-state index is -4.42. The number of alkyl halides is 3. The van der Waals surface area contributed by atoms with Crippen LogP contribution in [0.1, 0.15) is 25.0 Å². The first-order chi connectivity index (χ1) is 9.25. The number of esters is 1. The van der Waals surface area contributed by atoms with Gasteiger partial charge in [-0.1, -0.05) is 12.1 Å². The first-order valence-corrected chi connectivity index (χ1v) is 6.97. The van der Waals surface area contributed by atoms with Gasteiger partial charge in [-0.05, 0) is 43.6 Å². The van der Waals surface area contributed by atoms with Gasteiger partial charge in [0.25, 0.3) is 0 Å². The van der Waals surface area contributed by atoms with Crippen molar-refractivity contribution < 1.29 is 26.9 Å². The molecule has 0 aliphatic heterocycles. The molecule has 0 aliphatic carbocycles. The molecular formula is C13H15F3O3S. The molecule has 0 saturated heterocycles. The zero-order valence-electron chi connectivity index (χ0n) is 11.3. The largest absolute Gasteiger partial charge is 0.464 e. The topological polar surface area (TPSA) is 35.5 Å². The Bertz CT molecular complexity index is 459. The molecule has 1 rings (SSSR count). The van der Waals surface area contributed by atoms with Crippen LogP contribution in [0.3, 0.4) is 0 Å². The minimum absolute atomic E-state index is 0.160. The average molecular weight is 308 g/mol. The molecule has 0 spiro atoms. The number of rotatable bonds is 5. The summed E-state index contributed by atoms with van der Waals surface area (Å²) >= 11 is 0.944. The molecule has 1 aromatic carbocycles. The number of carbonyl (C=O) groups is 1. The second-order valence-corrected chi connectivity index (χ2v) is 4.58. The Hall–Kier alpha value is -1.21. The summed E-state index contributed by atoms with van der Waals surface area (Å²) in [6.45, 7) is 3.26. The van der Waals surface area contributed by atoms with Crippen LogP contribution in [0.25, 0.3) is 0 Å². The molecule has 0 radical (unpaired) electrons. The lowest BCUT2D eigenvalue weighted by atomic mass is 9.95. The summed E-state index contributed by atoms with van der Waals surface area (Å²) in [5.74, 6) is -0.644. The summed E-state index contributed by atoms with van der Waals surface area (Å²) in [5, 5.41) is 0. The van der Waals surface area contributed by atoms with Crippen molar-refractivity contribution in [2.75, 3.05) is 12.9 Å². The molecule has 3 nitrogen and oxygen atoms in total. The maximum atomic E-state index is 12.5. The molecule has 0 saturated carbocycles. The van der Waals surface area contributed by atoms with Gasteiger partial charge in [0.1, 0.15) is 0 Å². The number of hydrogen-bond donors (Lipinski definition) is 0. The summed E-state index contributed by atoms with van der Waals surface area (Å²) in [7, 11) is 0. The highest BCUT2D eigenvalue weighted by Crippen LogP contribution is 2.34. The van der Waals surface area contributed by atoms with Gasteiger partial charge in [0.05, 0.1) is 12.2 Å². The minimum Gasteiger partial charge on any atom is -0.464 e. The lowest BCUT2D eigenvalue weighted by molar-refractivity contribution is -0.160. The van der Waals surface area contributed by atoms with Gasteiger partial charge in [0, 0.05) is 6.26 Å². The van der Waals surface area contributed by atoms with E-state index < -0.39 is 23.3 Å². The van der Waals surface area contributed by atoms with E-state index in [0.29, 0.717) is 5.56 Å². The Labute approximate surface area is 119 Å². The van der Waals surface area contributed by atoms with Gasteiger partial charge in [-0.15, -0.1) is 0 Å². The van der Waals surface area contributed by atoms with Crippen LogP contribution in [-0.2, 0) is 25.5 Å². The maximum absolute atomic E-state index is 12.5. The molecule has 20 heavy (non-hydrogen) atoms. The lowest BCUT2D eigenvalue weighted by Crippen LogP contribution is -2.35. The van der Waals surface area contributed by atoms with Crippen molar-refractivity contribution in [3.63, 3.8) is 0 Å². The smallest absolute Gasteiger partial charge is 0.416 e. The number of halogens is 3. The third kappa shape index (κ3) is 3.67. The molecular weight excluding hydrogens is 293 g/mol. The van der Waals surface area contributed by atoms with Crippen LogP contribution in [0.4, 0.5) is 13.2 Å². The third-order valence-corrected chi connectivity index (χ3v) is 3.18. The first kappa shape index (κ1) is 16.8. The fourth-order valence-electron chi connectivity index (χ4n) is 1.61. The van der Waals surface area contributed by atoms with E-state index in [1.165, 1.54) is 19.1 Å². The highest BCUT2D eigenvalue weighted by molar-refractivity contribution is 7.94. The zero-order chi connectivity index (χ0) is 15.4. The van der Waals surface area contributed by atoms with E-state index in [0.717, 1.165) is 24.2 Å². The van der Waals surface area contributed by atoms with Crippen LogP contribution in [0, 0.1) is 0 Å². The standard InChI is InChI=1S/C13H15F3O3S/c1-4-18-11(17)12(2,19-20-3)9-5-7-10(8-6-9)13(14,15)16/h5-8H,4H2,1-3H3. The van der Waals surface area contributed by atoms with Crippen molar-refractivity contribution in [2.45, 2.75) is 25.6 Å². The van der Waals surface area contributed by atoms with Crippen molar-refractivity contribution in [2.24, 2.45) is 0 Å². The van der Waals surface area contributed by atoms with Crippen molar-refractivity contribution in [1.82, 2.24) is 0 Å². The summed E-state index contributed by atoms with van der Waals surface area (Å²) < 4.78 is 47.8. The second kappa shape index (κ2) is 6.49. The fraction of sp³-hybridized carbons (Fsp3) is 0.462. The summed E-state index contributed by atoms with van der Waals surface area (Å²) in [5.41, 5.74) is -1.92. The quantitative estimate of drug-likeness (QED) is 0.612. The molecule has 112 valence electrons. The molecule has 1 unspecified atom stereocenters. The number of benzene rings is 1. The summed E-state index contributed by atoms with van der Waals surface area (Å²) in [6, 6.07) is 4.26. The predicted molar refractivity (Wildman–Crippen MR) is 70.0 cm³/mol. The van der Waals surface area contributed by atoms with Gasteiger partial charge in [-0.3, -0.25) is 4.18 Å². The third-order valence-electron chi connectivity index (χ3n) is 2.68. The Morgan fingerprint density at radius 1 is 1.20 bits per heavy atom. The Morgan fingerprint density at radius 2 is 1.70 bits per heavy atom. The van der Waals surface area contributed by atoms with Gasteiger partial charge in [0.2, 0.25) is 5.60 Å². The molecule has 0 heterocycles. The number of ether oxygens (including phenoxy) is 1. The van der Waals surface area contributed by atoms with Crippen LogP contribution in [0.2, 0.25) is 0 Å². The van der Waals surface area contributed by atoms with E-state index in [2.05, 4.69) is 0 Å². The Morgan fingerprint density at radius 3 is 2.10 bits per heavy atom. The van der Waals surface area contributed by atoms with E-state index >= 15 is 0 Å². The fourth-order valence-corrected chi connectivity index (χ4v) is 2.11. The molecule has 0 aromatic heterocycles.